The summed E-state index contributed by atoms with van der Waals surface area (Å²) in [6, 6.07) is 0. The molecule has 9 heteroatoms. The molecule has 1 aliphatic heterocycles. The fraction of sp³-hybridized carbons (Fsp3) is 0.933. The molecular weight excluding hydrogens is 504 g/mol. The third-order valence-electron chi connectivity index (χ3n) is 12.4. The van der Waals surface area contributed by atoms with Crippen molar-refractivity contribution in [2.45, 2.75) is 128 Å². The maximum atomic E-state index is 13.0. The highest BCUT2D eigenvalue weighted by Crippen LogP contribution is 2.68. The van der Waals surface area contributed by atoms with E-state index in [9.17, 15) is 40.2 Å². The first kappa shape index (κ1) is 29.4. The minimum absolute atomic E-state index is 0.0670. The molecule has 6 N–H and O–H groups in total. The van der Waals surface area contributed by atoms with Gasteiger partial charge in [-0.2, -0.15) is 0 Å². The number of carboxylic acid groups (broad SMARTS) is 1. The molecule has 0 spiro atoms. The monoisotopic (exact) mass is 552 g/mol. The lowest BCUT2D eigenvalue weighted by atomic mass is 9.43. The van der Waals surface area contributed by atoms with Crippen LogP contribution in [0, 0.1) is 46.3 Å². The standard InChI is InChI=1S/C30H48O9/c1-14(4-7-20(32)26-24(35)23(34)25(36)27(39-26)28(37)38)17-5-6-18-22-19(9-11-30(17,18)3)29(2)10-8-16(31)12-15(29)13-21(22)33/h14-19,21-27,31,33-36H,4-13H2,1-3H3,(H,37,38)/t14-,15+,16-,17-,18+,19+,21+,22+,23+,24?,25-,26-,27?,29+,30-/m1/s1. The van der Waals surface area contributed by atoms with Crippen LogP contribution < -0.4 is 0 Å². The second kappa shape index (κ2) is 10.6. The van der Waals surface area contributed by atoms with Gasteiger partial charge in [0.1, 0.15) is 24.4 Å². The smallest absolute Gasteiger partial charge is 0.335 e. The van der Waals surface area contributed by atoms with Crippen molar-refractivity contribution in [1.29, 1.82) is 0 Å². The minimum atomic E-state index is -1.81. The van der Waals surface area contributed by atoms with E-state index in [4.69, 9.17) is 4.74 Å². The van der Waals surface area contributed by atoms with Crippen molar-refractivity contribution in [2.24, 2.45) is 46.3 Å². The molecule has 1 heterocycles. The molecule has 5 aliphatic rings. The molecular formula is C30H48O9. The van der Waals surface area contributed by atoms with E-state index < -0.39 is 42.3 Å². The number of Topliss-reactive ketones (excluding diaryl/α,β-unsaturated/α-hetero) is 1. The summed E-state index contributed by atoms with van der Waals surface area (Å²) in [5, 5.41) is 61.3. The highest BCUT2D eigenvalue weighted by Gasteiger charge is 2.63. The first-order valence-electron chi connectivity index (χ1n) is 15.1. The van der Waals surface area contributed by atoms with Crippen LogP contribution >= 0.6 is 0 Å². The van der Waals surface area contributed by atoms with Crippen LogP contribution in [0.1, 0.15) is 85.0 Å². The predicted octanol–water partition coefficient (Wildman–Crippen LogP) is 1.90. The Labute approximate surface area is 230 Å². The number of rotatable bonds is 6. The molecule has 2 unspecified atom stereocenters. The van der Waals surface area contributed by atoms with Crippen LogP contribution in [0.5, 0.6) is 0 Å². The van der Waals surface area contributed by atoms with Gasteiger partial charge in [0.2, 0.25) is 0 Å². The quantitative estimate of drug-likeness (QED) is 0.289. The third-order valence-corrected chi connectivity index (χ3v) is 12.4. The van der Waals surface area contributed by atoms with Gasteiger partial charge < -0.3 is 35.4 Å². The van der Waals surface area contributed by atoms with Crippen molar-refractivity contribution >= 4 is 11.8 Å². The second-order valence-corrected chi connectivity index (χ2v) is 14.2. The number of carbonyl (C=O) groups excluding carboxylic acids is 1. The highest BCUT2D eigenvalue weighted by atomic mass is 16.6. The Hall–Kier alpha value is -1.10. The molecule has 4 saturated carbocycles. The Morgan fingerprint density at radius 1 is 0.846 bits per heavy atom. The van der Waals surface area contributed by atoms with E-state index >= 15 is 0 Å². The van der Waals surface area contributed by atoms with E-state index in [1.165, 1.54) is 0 Å². The summed E-state index contributed by atoms with van der Waals surface area (Å²) in [5.74, 6) is 0.189. The van der Waals surface area contributed by atoms with Gasteiger partial charge >= 0.3 is 5.97 Å². The van der Waals surface area contributed by atoms with Crippen molar-refractivity contribution in [3.63, 3.8) is 0 Å². The molecule has 39 heavy (non-hydrogen) atoms. The summed E-state index contributed by atoms with van der Waals surface area (Å²) in [4.78, 5) is 24.4. The molecule has 0 amide bonds. The Kier molecular flexibility index (Phi) is 8.01. The normalized spacial score (nSPS) is 52.3. The number of carboxylic acids is 1. The molecule has 15 atom stereocenters. The second-order valence-electron chi connectivity index (χ2n) is 14.2. The lowest BCUT2D eigenvalue weighted by Crippen LogP contribution is -2.61. The zero-order valence-electron chi connectivity index (χ0n) is 23.5. The summed E-state index contributed by atoms with van der Waals surface area (Å²) >= 11 is 0. The van der Waals surface area contributed by atoms with Crippen LogP contribution in [0.25, 0.3) is 0 Å². The van der Waals surface area contributed by atoms with Gasteiger partial charge in [0.25, 0.3) is 0 Å². The van der Waals surface area contributed by atoms with Gasteiger partial charge in [0.15, 0.2) is 11.9 Å². The average molecular weight is 553 g/mol. The van der Waals surface area contributed by atoms with Crippen LogP contribution in [-0.4, -0.2) is 85.1 Å². The molecule has 1 saturated heterocycles. The first-order chi connectivity index (χ1) is 18.3. The van der Waals surface area contributed by atoms with Crippen molar-refractivity contribution in [3.05, 3.63) is 0 Å². The molecule has 222 valence electrons. The van der Waals surface area contributed by atoms with E-state index in [-0.39, 0.29) is 41.3 Å². The number of hydrogen-bond donors (Lipinski definition) is 6. The Balaban J connectivity index is 1.24. The molecule has 9 nitrogen and oxygen atoms in total. The maximum Gasteiger partial charge on any atom is 0.335 e. The first-order valence-corrected chi connectivity index (χ1v) is 15.1. The fourth-order valence-electron chi connectivity index (χ4n) is 10.2. The van der Waals surface area contributed by atoms with E-state index in [0.29, 0.717) is 30.1 Å². The Morgan fingerprint density at radius 2 is 1.49 bits per heavy atom. The van der Waals surface area contributed by atoms with Crippen LogP contribution in [0.15, 0.2) is 0 Å². The van der Waals surface area contributed by atoms with E-state index in [2.05, 4.69) is 20.8 Å². The van der Waals surface area contributed by atoms with Crippen molar-refractivity contribution in [2.75, 3.05) is 0 Å². The van der Waals surface area contributed by atoms with Crippen LogP contribution in [0.3, 0.4) is 0 Å². The van der Waals surface area contributed by atoms with Gasteiger partial charge in [-0.25, -0.2) is 4.79 Å². The van der Waals surface area contributed by atoms with Gasteiger partial charge in [0.05, 0.1) is 12.2 Å². The van der Waals surface area contributed by atoms with E-state index in [1.807, 2.05) is 0 Å². The summed E-state index contributed by atoms with van der Waals surface area (Å²) in [6.07, 6.45) is -0.716. The van der Waals surface area contributed by atoms with Crippen LogP contribution in [0.4, 0.5) is 0 Å². The summed E-state index contributed by atoms with van der Waals surface area (Å²) in [6.45, 7) is 6.94. The summed E-state index contributed by atoms with van der Waals surface area (Å²) < 4.78 is 5.25. The van der Waals surface area contributed by atoms with Crippen molar-refractivity contribution in [1.82, 2.24) is 0 Å². The van der Waals surface area contributed by atoms with E-state index in [0.717, 1.165) is 51.4 Å². The maximum absolute atomic E-state index is 13.0. The highest BCUT2D eigenvalue weighted by molar-refractivity contribution is 5.85. The number of ether oxygens (including phenoxy) is 1. The van der Waals surface area contributed by atoms with Gasteiger partial charge in [-0.1, -0.05) is 20.8 Å². The topological polar surface area (TPSA) is 165 Å². The number of aliphatic carboxylic acids is 1. The molecule has 0 radical (unpaired) electrons. The molecule has 5 rings (SSSR count). The molecule has 0 aromatic carbocycles. The molecule has 0 aromatic heterocycles. The SMILES string of the molecule is C[C@H](CCC(=O)[C@H]1OC(C(=O)O)[C@H](O)[C@@H](O)C1O)[C@H]1CC[C@H]2[C@@H]3[C@@H](O)C[C@@H]4C[C@H](O)CC[C@]4(C)[C@H]3CC[C@]12C. The molecule has 0 bridgehead atoms. The van der Waals surface area contributed by atoms with Crippen molar-refractivity contribution in [3.8, 4) is 0 Å². The van der Waals surface area contributed by atoms with Crippen molar-refractivity contribution < 1.29 is 45.0 Å². The number of ketones is 1. The zero-order chi connectivity index (χ0) is 28.4. The number of aliphatic hydroxyl groups is 5. The Morgan fingerprint density at radius 3 is 2.18 bits per heavy atom. The lowest BCUT2D eigenvalue weighted by molar-refractivity contribution is -0.225. The third kappa shape index (κ3) is 4.79. The molecule has 4 aliphatic carbocycles. The molecule has 0 aromatic rings. The number of hydrogen-bond acceptors (Lipinski definition) is 8. The number of fused-ring (bicyclic) bond motifs is 5. The summed E-state index contributed by atoms with van der Waals surface area (Å²) in [7, 11) is 0. The molecule has 5 fully saturated rings. The average Bonchev–Trinajstić information content (AvgIpc) is 3.24. The Bertz CT molecular complexity index is 941. The summed E-state index contributed by atoms with van der Waals surface area (Å²) in [5.41, 5.74) is 0.241. The van der Waals surface area contributed by atoms with Gasteiger partial charge in [-0.3, -0.25) is 4.79 Å². The predicted molar refractivity (Wildman–Crippen MR) is 140 cm³/mol. The fourth-order valence-corrected chi connectivity index (χ4v) is 10.2. The van der Waals surface area contributed by atoms with Gasteiger partial charge in [-0.15, -0.1) is 0 Å². The van der Waals surface area contributed by atoms with Gasteiger partial charge in [0, 0.05) is 6.42 Å². The van der Waals surface area contributed by atoms with E-state index in [1.54, 1.807) is 0 Å². The number of carbonyl (C=O) groups is 2. The lowest BCUT2D eigenvalue weighted by Gasteiger charge is -2.62. The zero-order valence-corrected chi connectivity index (χ0v) is 23.5. The minimum Gasteiger partial charge on any atom is -0.479 e. The largest absolute Gasteiger partial charge is 0.479 e. The van der Waals surface area contributed by atoms with Crippen LogP contribution in [-0.2, 0) is 14.3 Å². The number of aliphatic hydroxyl groups excluding tert-OH is 5. The van der Waals surface area contributed by atoms with Crippen LogP contribution in [0.2, 0.25) is 0 Å². The van der Waals surface area contributed by atoms with Gasteiger partial charge in [-0.05, 0) is 104 Å².